The average molecular weight is 243 g/mol. The van der Waals surface area contributed by atoms with Gasteiger partial charge < -0.3 is 15.4 Å². The molecule has 2 N–H and O–H groups in total. The summed E-state index contributed by atoms with van der Waals surface area (Å²) >= 11 is 1.52. The van der Waals surface area contributed by atoms with E-state index in [0.717, 1.165) is 17.2 Å². The van der Waals surface area contributed by atoms with E-state index in [1.807, 2.05) is 5.38 Å². The predicted octanol–water partition coefficient (Wildman–Crippen LogP) is 0.880. The van der Waals surface area contributed by atoms with Gasteiger partial charge in [0.05, 0.1) is 18.8 Å². The summed E-state index contributed by atoms with van der Waals surface area (Å²) in [5.74, 6) is -0.0506. The smallest absolute Gasteiger partial charge is 0.239 e. The van der Waals surface area contributed by atoms with Crippen molar-refractivity contribution in [3.8, 4) is 0 Å². The van der Waals surface area contributed by atoms with Crippen molar-refractivity contribution in [2.24, 2.45) is 0 Å². The largest absolute Gasteiger partial charge is 0.383 e. The van der Waals surface area contributed by atoms with Crippen LogP contribution in [0.25, 0.3) is 0 Å². The van der Waals surface area contributed by atoms with E-state index in [1.54, 1.807) is 7.11 Å². The Hall–Kier alpha value is -1.14. The lowest BCUT2D eigenvalue weighted by Gasteiger charge is -2.04. The number of aryl methyl sites for hydroxylation is 1. The van der Waals surface area contributed by atoms with Gasteiger partial charge in [0, 0.05) is 19.0 Å². The highest BCUT2D eigenvalue weighted by Gasteiger charge is 2.03. The third kappa shape index (κ3) is 4.59. The molecule has 0 aliphatic rings. The van der Waals surface area contributed by atoms with Gasteiger partial charge in [-0.3, -0.25) is 4.79 Å². The number of nitrogens with zero attached hydrogens (tertiary/aromatic N) is 1. The van der Waals surface area contributed by atoms with E-state index in [-0.39, 0.29) is 12.5 Å². The molecule has 0 atom stereocenters. The lowest BCUT2D eigenvalue weighted by Crippen LogP contribution is -2.32. The number of ether oxygens (including phenoxy) is 1. The highest BCUT2D eigenvalue weighted by molar-refractivity contribution is 7.13. The molecule has 90 valence electrons. The standard InChI is InChI=1S/C10H17N3O2S/c1-3-8-7-16-10(13-8)12-6-9(14)11-4-5-15-2/h7H,3-6H2,1-2H3,(H,11,14)(H,12,13). The van der Waals surface area contributed by atoms with Crippen molar-refractivity contribution in [1.82, 2.24) is 10.3 Å². The van der Waals surface area contributed by atoms with Gasteiger partial charge in [0.15, 0.2) is 5.13 Å². The molecule has 1 aromatic heterocycles. The maximum Gasteiger partial charge on any atom is 0.239 e. The van der Waals surface area contributed by atoms with E-state index in [4.69, 9.17) is 4.74 Å². The van der Waals surface area contributed by atoms with Gasteiger partial charge in [-0.15, -0.1) is 11.3 Å². The van der Waals surface area contributed by atoms with Gasteiger partial charge in [0.1, 0.15) is 0 Å². The molecule has 1 rings (SSSR count). The topological polar surface area (TPSA) is 63.2 Å². The van der Waals surface area contributed by atoms with Crippen LogP contribution in [0.4, 0.5) is 5.13 Å². The van der Waals surface area contributed by atoms with Crippen LogP contribution in [0.2, 0.25) is 0 Å². The first kappa shape index (κ1) is 12.9. The predicted molar refractivity (Wildman–Crippen MR) is 64.9 cm³/mol. The molecular weight excluding hydrogens is 226 g/mol. The van der Waals surface area contributed by atoms with Crippen molar-refractivity contribution in [1.29, 1.82) is 0 Å². The molecule has 0 aromatic carbocycles. The summed E-state index contributed by atoms with van der Waals surface area (Å²) in [4.78, 5) is 15.6. The Kier molecular flexibility index (Phi) is 5.81. The van der Waals surface area contributed by atoms with Gasteiger partial charge in [-0.25, -0.2) is 4.98 Å². The minimum absolute atomic E-state index is 0.0506. The molecule has 0 saturated carbocycles. The molecule has 6 heteroatoms. The SMILES string of the molecule is CCc1csc(NCC(=O)NCCOC)n1. The molecule has 0 spiro atoms. The summed E-state index contributed by atoms with van der Waals surface area (Å²) in [7, 11) is 1.60. The highest BCUT2D eigenvalue weighted by atomic mass is 32.1. The van der Waals surface area contributed by atoms with E-state index >= 15 is 0 Å². The van der Waals surface area contributed by atoms with Crippen molar-refractivity contribution in [3.05, 3.63) is 11.1 Å². The quantitative estimate of drug-likeness (QED) is 0.698. The van der Waals surface area contributed by atoms with E-state index < -0.39 is 0 Å². The minimum Gasteiger partial charge on any atom is -0.383 e. The Morgan fingerprint density at radius 3 is 3.06 bits per heavy atom. The fourth-order valence-electron chi connectivity index (χ4n) is 1.06. The van der Waals surface area contributed by atoms with Gasteiger partial charge in [-0.2, -0.15) is 0 Å². The molecule has 1 amide bonds. The molecule has 1 heterocycles. The van der Waals surface area contributed by atoms with Crippen LogP contribution in [0.15, 0.2) is 5.38 Å². The van der Waals surface area contributed by atoms with E-state index in [2.05, 4.69) is 22.5 Å². The van der Waals surface area contributed by atoms with Crippen molar-refractivity contribution >= 4 is 22.4 Å². The Morgan fingerprint density at radius 2 is 2.44 bits per heavy atom. The minimum atomic E-state index is -0.0506. The summed E-state index contributed by atoms with van der Waals surface area (Å²) in [5, 5.41) is 8.49. The summed E-state index contributed by atoms with van der Waals surface area (Å²) in [6, 6.07) is 0. The molecule has 0 bridgehead atoms. The normalized spacial score (nSPS) is 10.1. The van der Waals surface area contributed by atoms with Gasteiger partial charge in [-0.05, 0) is 6.42 Å². The molecule has 0 radical (unpaired) electrons. The maximum atomic E-state index is 11.3. The second-order valence-corrected chi connectivity index (χ2v) is 4.05. The number of amides is 1. The number of aromatic nitrogens is 1. The lowest BCUT2D eigenvalue weighted by molar-refractivity contribution is -0.119. The molecule has 0 aliphatic carbocycles. The number of hydrogen-bond donors (Lipinski definition) is 2. The van der Waals surface area contributed by atoms with Gasteiger partial charge >= 0.3 is 0 Å². The monoisotopic (exact) mass is 243 g/mol. The molecule has 0 aliphatic heterocycles. The molecule has 0 saturated heterocycles. The first-order valence-corrected chi connectivity index (χ1v) is 6.08. The third-order valence-corrected chi connectivity index (χ3v) is 2.79. The molecule has 16 heavy (non-hydrogen) atoms. The zero-order chi connectivity index (χ0) is 11.8. The van der Waals surface area contributed by atoms with Crippen LogP contribution in [0.1, 0.15) is 12.6 Å². The zero-order valence-electron chi connectivity index (χ0n) is 9.58. The van der Waals surface area contributed by atoms with Crippen LogP contribution in [0, 0.1) is 0 Å². The number of methoxy groups -OCH3 is 1. The van der Waals surface area contributed by atoms with Gasteiger partial charge in [-0.1, -0.05) is 6.92 Å². The van der Waals surface area contributed by atoms with E-state index in [0.29, 0.717) is 13.2 Å². The molecule has 1 aromatic rings. The highest BCUT2D eigenvalue weighted by Crippen LogP contribution is 2.14. The van der Waals surface area contributed by atoms with E-state index in [9.17, 15) is 4.79 Å². The van der Waals surface area contributed by atoms with E-state index in [1.165, 1.54) is 11.3 Å². The van der Waals surface area contributed by atoms with Crippen LogP contribution >= 0.6 is 11.3 Å². The van der Waals surface area contributed by atoms with Crippen molar-refractivity contribution in [3.63, 3.8) is 0 Å². The van der Waals surface area contributed by atoms with Crippen molar-refractivity contribution in [2.75, 3.05) is 32.1 Å². The maximum absolute atomic E-state index is 11.3. The zero-order valence-corrected chi connectivity index (χ0v) is 10.4. The first-order chi connectivity index (χ1) is 7.76. The van der Waals surface area contributed by atoms with Crippen LogP contribution in [-0.2, 0) is 16.0 Å². The van der Waals surface area contributed by atoms with Crippen molar-refractivity contribution in [2.45, 2.75) is 13.3 Å². The first-order valence-electron chi connectivity index (χ1n) is 5.20. The number of carbonyl (C=O) groups excluding carboxylic acids is 1. The number of rotatable bonds is 7. The number of carbonyl (C=O) groups is 1. The van der Waals surface area contributed by atoms with Crippen LogP contribution in [0.3, 0.4) is 0 Å². The second kappa shape index (κ2) is 7.19. The molecular formula is C10H17N3O2S. The Balaban J connectivity index is 2.20. The Labute approximate surface area is 99.2 Å². The van der Waals surface area contributed by atoms with Gasteiger partial charge in [0.25, 0.3) is 0 Å². The third-order valence-electron chi connectivity index (χ3n) is 1.94. The average Bonchev–Trinajstić information content (AvgIpc) is 2.74. The van der Waals surface area contributed by atoms with Crippen LogP contribution in [0.5, 0.6) is 0 Å². The fourth-order valence-corrected chi connectivity index (χ4v) is 1.85. The fraction of sp³-hybridized carbons (Fsp3) is 0.600. The lowest BCUT2D eigenvalue weighted by atomic mass is 10.4. The number of anilines is 1. The molecule has 0 fully saturated rings. The summed E-state index contributed by atoms with van der Waals surface area (Å²) < 4.78 is 4.83. The number of hydrogen-bond acceptors (Lipinski definition) is 5. The summed E-state index contributed by atoms with van der Waals surface area (Å²) in [5.41, 5.74) is 1.05. The van der Waals surface area contributed by atoms with Crippen LogP contribution in [-0.4, -0.2) is 37.7 Å². The van der Waals surface area contributed by atoms with Crippen molar-refractivity contribution < 1.29 is 9.53 Å². The summed E-state index contributed by atoms with van der Waals surface area (Å²) in [6.45, 7) is 3.37. The number of nitrogens with one attached hydrogen (secondary N) is 2. The molecule has 5 nitrogen and oxygen atoms in total. The number of thiazole rings is 1. The summed E-state index contributed by atoms with van der Waals surface area (Å²) in [6.07, 6.45) is 0.915. The Bertz CT molecular complexity index is 328. The second-order valence-electron chi connectivity index (χ2n) is 3.19. The molecule has 0 unspecified atom stereocenters. The van der Waals surface area contributed by atoms with Crippen LogP contribution < -0.4 is 10.6 Å². The van der Waals surface area contributed by atoms with Gasteiger partial charge in [0.2, 0.25) is 5.91 Å². The Morgan fingerprint density at radius 1 is 1.62 bits per heavy atom.